The van der Waals surface area contributed by atoms with E-state index in [-0.39, 0.29) is 5.41 Å². The summed E-state index contributed by atoms with van der Waals surface area (Å²) >= 11 is 1.77. The molecule has 45 heavy (non-hydrogen) atoms. The zero-order valence-corrected chi connectivity index (χ0v) is 26.0. The molecule has 3 heteroatoms. The van der Waals surface area contributed by atoms with Crippen LogP contribution >= 0.6 is 11.3 Å². The van der Waals surface area contributed by atoms with Crippen molar-refractivity contribution in [3.05, 3.63) is 157 Å². The number of para-hydroxylation sites is 1. The fourth-order valence-electron chi connectivity index (χ4n) is 7.16. The summed E-state index contributed by atoms with van der Waals surface area (Å²) in [6, 6.07) is 53.0. The van der Waals surface area contributed by atoms with Crippen LogP contribution in [-0.4, -0.2) is 4.98 Å². The van der Waals surface area contributed by atoms with E-state index in [1.807, 2.05) is 0 Å². The summed E-state index contributed by atoms with van der Waals surface area (Å²) in [5.41, 5.74) is 12.3. The topological polar surface area (TPSA) is 16.1 Å². The predicted octanol–water partition coefficient (Wildman–Crippen LogP) is 12.0. The first kappa shape index (κ1) is 26.2. The van der Waals surface area contributed by atoms with Gasteiger partial charge in [0.05, 0.1) is 5.52 Å². The summed E-state index contributed by atoms with van der Waals surface area (Å²) in [6.07, 6.45) is 0. The first-order valence-corrected chi connectivity index (χ1v) is 16.3. The van der Waals surface area contributed by atoms with Gasteiger partial charge >= 0.3 is 0 Å². The number of aromatic nitrogens is 1. The van der Waals surface area contributed by atoms with Crippen molar-refractivity contribution in [3.8, 4) is 22.3 Å². The highest BCUT2D eigenvalue weighted by Crippen LogP contribution is 2.51. The smallest absolute Gasteiger partial charge is 0.125 e. The average Bonchev–Trinajstić information content (AvgIpc) is 3.55. The van der Waals surface area contributed by atoms with Gasteiger partial charge in [0.1, 0.15) is 4.83 Å². The van der Waals surface area contributed by atoms with Crippen LogP contribution in [0.2, 0.25) is 0 Å². The number of hydrogen-bond donors (Lipinski definition) is 0. The van der Waals surface area contributed by atoms with E-state index >= 15 is 0 Å². The van der Waals surface area contributed by atoms with Gasteiger partial charge in [0.2, 0.25) is 0 Å². The van der Waals surface area contributed by atoms with E-state index in [0.29, 0.717) is 0 Å². The van der Waals surface area contributed by atoms with Crippen LogP contribution in [0.25, 0.3) is 53.5 Å². The zero-order valence-electron chi connectivity index (χ0n) is 25.2. The molecule has 0 saturated carbocycles. The lowest BCUT2D eigenvalue weighted by molar-refractivity contribution is 0.660. The largest absolute Gasteiger partial charge is 0.310 e. The van der Waals surface area contributed by atoms with Crippen LogP contribution in [0.4, 0.5) is 17.1 Å². The van der Waals surface area contributed by atoms with Crippen LogP contribution in [0.3, 0.4) is 0 Å². The van der Waals surface area contributed by atoms with E-state index in [9.17, 15) is 0 Å². The Hall–Kier alpha value is -5.25. The molecule has 0 radical (unpaired) electrons. The Balaban J connectivity index is 1.23. The van der Waals surface area contributed by atoms with Crippen LogP contribution in [0, 0.1) is 0 Å². The minimum Gasteiger partial charge on any atom is -0.310 e. The van der Waals surface area contributed by atoms with Gasteiger partial charge in [-0.05, 0) is 81.9 Å². The van der Waals surface area contributed by atoms with Crippen molar-refractivity contribution >= 4 is 59.6 Å². The number of nitrogens with zero attached hydrogens (tertiary/aromatic N) is 2. The minimum absolute atomic E-state index is 0.0286. The molecular formula is C42H30N2S. The Morgan fingerprint density at radius 2 is 1.20 bits per heavy atom. The molecule has 2 heterocycles. The molecule has 6 aromatic carbocycles. The first-order valence-electron chi connectivity index (χ1n) is 15.5. The molecule has 0 bridgehead atoms. The maximum Gasteiger partial charge on any atom is 0.125 e. The van der Waals surface area contributed by atoms with Crippen molar-refractivity contribution in [2.24, 2.45) is 0 Å². The van der Waals surface area contributed by atoms with Gasteiger partial charge in [0, 0.05) is 43.3 Å². The average molecular weight is 595 g/mol. The molecule has 0 amide bonds. The molecule has 1 aliphatic carbocycles. The van der Waals surface area contributed by atoms with Crippen LogP contribution in [0.5, 0.6) is 0 Å². The maximum absolute atomic E-state index is 5.02. The van der Waals surface area contributed by atoms with Gasteiger partial charge in [-0.2, -0.15) is 0 Å². The molecule has 8 aromatic rings. The molecule has 2 aromatic heterocycles. The van der Waals surface area contributed by atoms with E-state index in [0.717, 1.165) is 27.4 Å². The van der Waals surface area contributed by atoms with Crippen molar-refractivity contribution in [3.63, 3.8) is 0 Å². The van der Waals surface area contributed by atoms with Gasteiger partial charge in [-0.15, -0.1) is 11.3 Å². The number of pyridine rings is 1. The maximum atomic E-state index is 5.02. The fraction of sp³-hybridized carbons (Fsp3) is 0.0714. The number of fused-ring (bicyclic) bond motifs is 7. The first-order chi connectivity index (χ1) is 22.0. The summed E-state index contributed by atoms with van der Waals surface area (Å²) < 4.78 is 1.24. The van der Waals surface area contributed by atoms with Crippen molar-refractivity contribution in [1.82, 2.24) is 4.98 Å². The number of anilines is 3. The quantitative estimate of drug-likeness (QED) is 0.201. The molecule has 0 atom stereocenters. The highest BCUT2D eigenvalue weighted by molar-refractivity contribution is 7.25. The van der Waals surface area contributed by atoms with Crippen molar-refractivity contribution < 1.29 is 0 Å². The molecule has 0 aliphatic heterocycles. The Morgan fingerprint density at radius 1 is 0.533 bits per heavy atom. The third-order valence-electron chi connectivity index (χ3n) is 9.47. The lowest BCUT2D eigenvalue weighted by Crippen LogP contribution is -2.15. The summed E-state index contributed by atoms with van der Waals surface area (Å²) in [5, 5.41) is 3.65. The number of hydrogen-bond acceptors (Lipinski definition) is 3. The molecule has 0 unspecified atom stereocenters. The van der Waals surface area contributed by atoms with Crippen LogP contribution in [0.1, 0.15) is 25.0 Å². The summed E-state index contributed by atoms with van der Waals surface area (Å²) in [4.78, 5) is 8.50. The third-order valence-corrected chi connectivity index (χ3v) is 10.5. The SMILES string of the molecule is CC1(C)c2ccccc2-c2cc(N(c3ccc(-c4ccccc4)cc3)c3ccc4c(c3)sc3nc5ccccc5cc34)ccc21. The Morgan fingerprint density at radius 3 is 2.07 bits per heavy atom. The van der Waals surface area contributed by atoms with E-state index in [2.05, 4.69) is 164 Å². The third kappa shape index (κ3) is 4.12. The van der Waals surface area contributed by atoms with E-state index < -0.39 is 0 Å². The van der Waals surface area contributed by atoms with Gasteiger partial charge in [0.25, 0.3) is 0 Å². The van der Waals surface area contributed by atoms with Crippen LogP contribution in [-0.2, 0) is 5.41 Å². The summed E-state index contributed by atoms with van der Waals surface area (Å²) in [6.45, 7) is 4.68. The molecule has 0 spiro atoms. The van der Waals surface area contributed by atoms with Crippen LogP contribution in [0.15, 0.2) is 146 Å². The van der Waals surface area contributed by atoms with Gasteiger partial charge in [-0.1, -0.05) is 111 Å². The summed E-state index contributed by atoms with van der Waals surface area (Å²) in [7, 11) is 0. The van der Waals surface area contributed by atoms with Gasteiger partial charge < -0.3 is 4.90 Å². The summed E-state index contributed by atoms with van der Waals surface area (Å²) in [5.74, 6) is 0. The second kappa shape index (κ2) is 9.88. The second-order valence-corrected chi connectivity index (χ2v) is 13.5. The number of rotatable bonds is 4. The minimum atomic E-state index is -0.0286. The van der Waals surface area contributed by atoms with Crippen molar-refractivity contribution in [2.75, 3.05) is 4.90 Å². The zero-order chi connectivity index (χ0) is 30.1. The molecule has 2 nitrogen and oxygen atoms in total. The van der Waals surface area contributed by atoms with Crippen LogP contribution < -0.4 is 4.90 Å². The number of thiophene rings is 1. The van der Waals surface area contributed by atoms with E-state index in [1.165, 1.54) is 54.2 Å². The van der Waals surface area contributed by atoms with Gasteiger partial charge in [0.15, 0.2) is 0 Å². The highest BCUT2D eigenvalue weighted by Gasteiger charge is 2.35. The standard InChI is InChI=1S/C42H30N2S/c1-42(2)37-14-8-7-13-33(37)35-25-31(21-23-38(35)42)44(30-18-16-28(17-19-30)27-10-4-3-5-11-27)32-20-22-34-36-24-29-12-6-9-15-39(29)43-41(36)45-40(34)26-32/h3-26H,1-2H3. The predicted molar refractivity (Wildman–Crippen MR) is 192 cm³/mol. The number of benzene rings is 6. The lowest BCUT2D eigenvalue weighted by Gasteiger charge is -2.27. The van der Waals surface area contributed by atoms with Crippen molar-refractivity contribution in [1.29, 1.82) is 0 Å². The molecule has 1 aliphatic rings. The molecule has 0 saturated heterocycles. The van der Waals surface area contributed by atoms with E-state index in [4.69, 9.17) is 4.98 Å². The Labute approximate surface area is 266 Å². The van der Waals surface area contributed by atoms with E-state index in [1.54, 1.807) is 11.3 Å². The lowest BCUT2D eigenvalue weighted by atomic mass is 9.82. The molecule has 9 rings (SSSR count). The highest BCUT2D eigenvalue weighted by atomic mass is 32.1. The van der Waals surface area contributed by atoms with Gasteiger partial charge in [-0.3, -0.25) is 0 Å². The Bertz CT molecular complexity index is 2400. The molecule has 214 valence electrons. The molecule has 0 fully saturated rings. The molecule has 0 N–H and O–H groups in total. The fourth-order valence-corrected chi connectivity index (χ4v) is 8.26. The second-order valence-electron chi connectivity index (χ2n) is 12.5. The van der Waals surface area contributed by atoms with Gasteiger partial charge in [-0.25, -0.2) is 4.98 Å². The Kier molecular flexibility index (Phi) is 5.75. The monoisotopic (exact) mass is 594 g/mol. The molecular weight excluding hydrogens is 565 g/mol. The van der Waals surface area contributed by atoms with Crippen molar-refractivity contribution in [2.45, 2.75) is 19.3 Å². The normalized spacial score (nSPS) is 13.3.